The van der Waals surface area contributed by atoms with E-state index < -0.39 is 11.9 Å². The minimum atomic E-state index is -0.499. The second-order valence-electron chi connectivity index (χ2n) is 3.10. The molecule has 17 heavy (non-hydrogen) atoms. The molecule has 0 spiro atoms. The molecule has 0 saturated carbocycles. The fourth-order valence-corrected chi connectivity index (χ4v) is 1.09. The molecule has 0 saturated heterocycles. The van der Waals surface area contributed by atoms with Crippen molar-refractivity contribution >= 4 is 11.9 Å². The topological polar surface area (TPSA) is 90.7 Å². The fraction of sp³-hybridized carbons (Fsp3) is 0.500. The zero-order valence-electron chi connectivity index (χ0n) is 9.69. The first-order valence-electron chi connectivity index (χ1n) is 5.05. The molecule has 1 aromatic rings. The highest BCUT2D eigenvalue weighted by Gasteiger charge is 2.13. The Hall–Kier alpha value is -1.89. The quantitative estimate of drug-likeness (QED) is 0.712. The molecular weight excluding hydrogens is 228 g/mol. The van der Waals surface area contributed by atoms with Crippen molar-refractivity contribution in [2.75, 3.05) is 20.3 Å². The van der Waals surface area contributed by atoms with Gasteiger partial charge >= 0.3 is 5.97 Å². The molecule has 0 aromatic carbocycles. The molecule has 0 aliphatic rings. The average molecular weight is 242 g/mol. The van der Waals surface area contributed by atoms with E-state index in [1.807, 2.05) is 0 Å². The summed E-state index contributed by atoms with van der Waals surface area (Å²) in [6, 6.07) is 1.45. The number of aromatic nitrogens is 1. The van der Waals surface area contributed by atoms with Gasteiger partial charge in [-0.3, -0.25) is 9.59 Å². The molecule has 0 unspecified atom stereocenters. The van der Waals surface area contributed by atoms with Gasteiger partial charge in [-0.05, 0) is 6.92 Å². The van der Waals surface area contributed by atoms with E-state index in [2.05, 4.69) is 15.2 Å². The van der Waals surface area contributed by atoms with E-state index in [4.69, 9.17) is 9.26 Å². The largest absolute Gasteiger partial charge is 0.465 e. The van der Waals surface area contributed by atoms with Crippen LogP contribution in [0.2, 0.25) is 0 Å². The zero-order valence-corrected chi connectivity index (χ0v) is 9.69. The maximum Gasteiger partial charge on any atom is 0.325 e. The summed E-state index contributed by atoms with van der Waals surface area (Å²) >= 11 is 0. The smallest absolute Gasteiger partial charge is 0.325 e. The van der Waals surface area contributed by atoms with Crippen LogP contribution < -0.4 is 5.32 Å². The fourth-order valence-electron chi connectivity index (χ4n) is 1.09. The molecule has 0 aliphatic carbocycles. The summed E-state index contributed by atoms with van der Waals surface area (Å²) in [5.41, 5.74) is 0.0985. The molecule has 7 heteroatoms. The van der Waals surface area contributed by atoms with Gasteiger partial charge in [-0.2, -0.15) is 0 Å². The van der Waals surface area contributed by atoms with Crippen molar-refractivity contribution in [3.8, 4) is 0 Å². The first-order chi connectivity index (χ1) is 8.17. The van der Waals surface area contributed by atoms with Crippen molar-refractivity contribution in [1.29, 1.82) is 0 Å². The Morgan fingerprint density at radius 3 is 2.94 bits per heavy atom. The van der Waals surface area contributed by atoms with Crippen LogP contribution in [-0.2, 0) is 20.9 Å². The van der Waals surface area contributed by atoms with Gasteiger partial charge in [0.2, 0.25) is 0 Å². The third-order valence-corrected chi connectivity index (χ3v) is 1.78. The van der Waals surface area contributed by atoms with Crippen LogP contribution in [0.25, 0.3) is 0 Å². The number of carbonyl (C=O) groups excluding carboxylic acids is 2. The van der Waals surface area contributed by atoms with Gasteiger partial charge in [0.1, 0.15) is 13.2 Å². The van der Waals surface area contributed by atoms with E-state index in [1.165, 1.54) is 13.2 Å². The lowest BCUT2D eigenvalue weighted by Gasteiger charge is -2.01. The summed E-state index contributed by atoms with van der Waals surface area (Å²) < 4.78 is 14.3. The monoisotopic (exact) mass is 242 g/mol. The molecule has 1 rings (SSSR count). The van der Waals surface area contributed by atoms with Crippen LogP contribution in [0, 0.1) is 0 Å². The van der Waals surface area contributed by atoms with Crippen LogP contribution >= 0.6 is 0 Å². The van der Waals surface area contributed by atoms with Crippen LogP contribution in [0.3, 0.4) is 0 Å². The van der Waals surface area contributed by atoms with Crippen molar-refractivity contribution < 1.29 is 23.6 Å². The molecule has 1 heterocycles. The number of amides is 1. The molecule has 0 aliphatic heterocycles. The summed E-state index contributed by atoms with van der Waals surface area (Å²) in [6.07, 6.45) is 0. The van der Waals surface area contributed by atoms with Crippen molar-refractivity contribution in [2.24, 2.45) is 0 Å². The number of carbonyl (C=O) groups is 2. The molecule has 94 valence electrons. The molecule has 0 fully saturated rings. The van der Waals surface area contributed by atoms with E-state index in [1.54, 1.807) is 6.92 Å². The highest BCUT2D eigenvalue weighted by molar-refractivity contribution is 5.94. The molecule has 7 nitrogen and oxygen atoms in total. The maximum atomic E-state index is 11.5. The third-order valence-electron chi connectivity index (χ3n) is 1.78. The summed E-state index contributed by atoms with van der Waals surface area (Å²) in [5, 5.41) is 5.90. The lowest BCUT2D eigenvalue weighted by molar-refractivity contribution is -0.141. The van der Waals surface area contributed by atoms with Crippen molar-refractivity contribution in [3.05, 3.63) is 17.5 Å². The van der Waals surface area contributed by atoms with Crippen LogP contribution in [0.1, 0.15) is 23.2 Å². The molecule has 1 amide bonds. The number of hydrogen-bond donors (Lipinski definition) is 1. The lowest BCUT2D eigenvalue weighted by Crippen LogP contribution is -2.30. The predicted molar refractivity (Wildman–Crippen MR) is 56.2 cm³/mol. The molecular formula is C10H14N2O5. The lowest BCUT2D eigenvalue weighted by atomic mass is 10.3. The molecule has 0 atom stereocenters. The van der Waals surface area contributed by atoms with Crippen molar-refractivity contribution in [3.63, 3.8) is 0 Å². The maximum absolute atomic E-state index is 11.5. The van der Waals surface area contributed by atoms with Crippen LogP contribution in [0.4, 0.5) is 0 Å². The van der Waals surface area contributed by atoms with Crippen LogP contribution in [0.5, 0.6) is 0 Å². The van der Waals surface area contributed by atoms with E-state index in [0.717, 1.165) is 0 Å². The molecule has 1 N–H and O–H groups in total. The van der Waals surface area contributed by atoms with Gasteiger partial charge in [-0.1, -0.05) is 5.16 Å². The van der Waals surface area contributed by atoms with Crippen molar-refractivity contribution in [2.45, 2.75) is 13.5 Å². The summed E-state index contributed by atoms with van der Waals surface area (Å²) in [7, 11) is 1.50. The Balaban J connectivity index is 2.43. The first-order valence-corrected chi connectivity index (χ1v) is 5.05. The number of nitrogens with zero attached hydrogens (tertiary/aromatic N) is 1. The summed E-state index contributed by atoms with van der Waals surface area (Å²) in [6.45, 7) is 2.00. The summed E-state index contributed by atoms with van der Waals surface area (Å²) in [5.74, 6) is -0.556. The average Bonchev–Trinajstić information content (AvgIpc) is 2.75. The van der Waals surface area contributed by atoms with E-state index in [0.29, 0.717) is 5.76 Å². The number of nitrogens with one attached hydrogen (secondary N) is 1. The minimum absolute atomic E-state index is 0.0985. The Morgan fingerprint density at radius 2 is 2.29 bits per heavy atom. The highest BCUT2D eigenvalue weighted by Crippen LogP contribution is 2.04. The molecule has 1 aromatic heterocycles. The standard InChI is InChI=1S/C10H14N2O5/c1-3-16-9(13)5-11-10(14)8-4-7(6-15-2)17-12-8/h4H,3,5-6H2,1-2H3,(H,11,14). The van der Waals surface area contributed by atoms with Gasteiger partial charge in [0.25, 0.3) is 5.91 Å². The van der Waals surface area contributed by atoms with Crippen LogP contribution in [-0.4, -0.2) is 37.3 Å². The third kappa shape index (κ3) is 4.23. The minimum Gasteiger partial charge on any atom is -0.465 e. The SMILES string of the molecule is CCOC(=O)CNC(=O)c1cc(COC)on1. The number of rotatable bonds is 6. The molecule has 0 bridgehead atoms. The zero-order chi connectivity index (χ0) is 12.7. The second kappa shape index (κ2) is 6.64. The molecule has 0 radical (unpaired) electrons. The Labute approximate surface area is 98.1 Å². The van der Waals surface area contributed by atoms with Gasteiger partial charge in [0.05, 0.1) is 6.61 Å². The predicted octanol–water partition coefficient (Wildman–Crippen LogP) is 0.114. The summed E-state index contributed by atoms with van der Waals surface area (Å²) in [4.78, 5) is 22.5. The van der Waals surface area contributed by atoms with Crippen LogP contribution in [0.15, 0.2) is 10.6 Å². The van der Waals surface area contributed by atoms with Crippen molar-refractivity contribution in [1.82, 2.24) is 10.5 Å². The van der Waals surface area contributed by atoms with E-state index in [-0.39, 0.29) is 25.5 Å². The Bertz CT molecular complexity index is 388. The van der Waals surface area contributed by atoms with E-state index in [9.17, 15) is 9.59 Å². The van der Waals surface area contributed by atoms with Gasteiger partial charge in [0.15, 0.2) is 11.5 Å². The van der Waals surface area contributed by atoms with Gasteiger partial charge in [-0.25, -0.2) is 0 Å². The normalized spacial score (nSPS) is 10.0. The van der Waals surface area contributed by atoms with Gasteiger partial charge in [0, 0.05) is 13.2 Å². The van der Waals surface area contributed by atoms with Gasteiger partial charge < -0.3 is 19.3 Å². The number of methoxy groups -OCH3 is 1. The number of ether oxygens (including phenoxy) is 2. The Morgan fingerprint density at radius 1 is 1.53 bits per heavy atom. The number of hydrogen-bond acceptors (Lipinski definition) is 6. The first kappa shape index (κ1) is 13.2. The Kier molecular flexibility index (Phi) is 5.15. The second-order valence-corrected chi connectivity index (χ2v) is 3.10. The van der Waals surface area contributed by atoms with Gasteiger partial charge in [-0.15, -0.1) is 0 Å². The van der Waals surface area contributed by atoms with E-state index >= 15 is 0 Å². The highest BCUT2D eigenvalue weighted by atomic mass is 16.5. The number of esters is 1.